The van der Waals surface area contributed by atoms with Gasteiger partial charge < -0.3 is 19.5 Å². The van der Waals surface area contributed by atoms with E-state index in [2.05, 4.69) is 12.1 Å². The van der Waals surface area contributed by atoms with E-state index < -0.39 is 17.9 Å². The maximum Gasteiger partial charge on any atom is 0.373 e. The predicted molar refractivity (Wildman–Crippen MR) is 109 cm³/mol. The SMILES string of the molecule is CN(C)c1ccc2c(c1)OC(C(=O)O)OC2(C1CCCCC1)C1CCCCC1. The van der Waals surface area contributed by atoms with E-state index in [9.17, 15) is 9.90 Å². The third-order valence-electron chi connectivity index (χ3n) is 7.06. The first kappa shape index (κ1) is 19.6. The molecule has 0 saturated heterocycles. The first-order valence-electron chi connectivity index (χ1n) is 10.9. The van der Waals surface area contributed by atoms with Gasteiger partial charge in [-0.05, 0) is 43.6 Å². The summed E-state index contributed by atoms with van der Waals surface area (Å²) in [7, 11) is 3.98. The Morgan fingerprint density at radius 3 is 2.07 bits per heavy atom. The van der Waals surface area contributed by atoms with Gasteiger partial charge >= 0.3 is 5.97 Å². The lowest BCUT2D eigenvalue weighted by atomic mass is 9.63. The number of carboxylic acid groups (broad SMARTS) is 1. The molecule has 1 atom stereocenters. The average Bonchev–Trinajstić information content (AvgIpc) is 2.73. The number of carbonyl (C=O) groups is 1. The van der Waals surface area contributed by atoms with Gasteiger partial charge in [0, 0.05) is 31.4 Å². The summed E-state index contributed by atoms with van der Waals surface area (Å²) >= 11 is 0. The van der Waals surface area contributed by atoms with Gasteiger partial charge in [-0.15, -0.1) is 0 Å². The minimum Gasteiger partial charge on any atom is -0.477 e. The van der Waals surface area contributed by atoms with Crippen LogP contribution in [0.5, 0.6) is 5.75 Å². The highest BCUT2D eigenvalue weighted by atomic mass is 16.7. The Morgan fingerprint density at radius 2 is 1.57 bits per heavy atom. The lowest BCUT2D eigenvalue weighted by Crippen LogP contribution is -2.54. The molecule has 1 aromatic carbocycles. The number of nitrogens with zero attached hydrogens (tertiary/aromatic N) is 1. The Kier molecular flexibility index (Phi) is 5.55. The normalized spacial score (nSPS) is 25.6. The Balaban J connectivity index is 1.86. The molecule has 4 rings (SSSR count). The summed E-state index contributed by atoms with van der Waals surface area (Å²) in [5, 5.41) is 9.81. The van der Waals surface area contributed by atoms with Crippen molar-refractivity contribution in [3.05, 3.63) is 23.8 Å². The fourth-order valence-electron chi connectivity index (χ4n) is 5.72. The summed E-state index contributed by atoms with van der Waals surface area (Å²) in [5.74, 6) is 0.385. The van der Waals surface area contributed by atoms with Crippen molar-refractivity contribution in [1.82, 2.24) is 0 Å². The van der Waals surface area contributed by atoms with Crippen molar-refractivity contribution in [3.63, 3.8) is 0 Å². The number of anilines is 1. The van der Waals surface area contributed by atoms with Gasteiger partial charge in [-0.1, -0.05) is 44.6 Å². The van der Waals surface area contributed by atoms with E-state index in [-0.39, 0.29) is 0 Å². The van der Waals surface area contributed by atoms with Crippen molar-refractivity contribution in [2.75, 3.05) is 19.0 Å². The van der Waals surface area contributed by atoms with Crippen LogP contribution in [-0.2, 0) is 15.1 Å². The van der Waals surface area contributed by atoms with Crippen LogP contribution in [0, 0.1) is 11.8 Å². The first-order valence-corrected chi connectivity index (χ1v) is 10.9. The van der Waals surface area contributed by atoms with Crippen molar-refractivity contribution < 1.29 is 19.4 Å². The summed E-state index contributed by atoms with van der Waals surface area (Å²) in [6, 6.07) is 6.26. The molecule has 5 heteroatoms. The molecule has 1 aromatic rings. The van der Waals surface area contributed by atoms with E-state index in [1.165, 1.54) is 38.5 Å². The molecule has 5 nitrogen and oxygen atoms in total. The van der Waals surface area contributed by atoms with Crippen molar-refractivity contribution in [2.24, 2.45) is 11.8 Å². The smallest absolute Gasteiger partial charge is 0.373 e. The number of carboxylic acids is 1. The fraction of sp³-hybridized carbons (Fsp3) is 0.696. The highest BCUT2D eigenvalue weighted by Crippen LogP contribution is 2.56. The summed E-state index contributed by atoms with van der Waals surface area (Å²) in [6.45, 7) is 0. The van der Waals surface area contributed by atoms with Crippen LogP contribution in [0.2, 0.25) is 0 Å². The molecule has 2 aliphatic carbocycles. The molecule has 0 radical (unpaired) electrons. The van der Waals surface area contributed by atoms with Crippen LogP contribution in [0.15, 0.2) is 18.2 Å². The molecule has 154 valence electrons. The Hall–Kier alpha value is -1.75. The number of rotatable bonds is 4. The van der Waals surface area contributed by atoms with Crippen molar-refractivity contribution >= 4 is 11.7 Å². The van der Waals surface area contributed by atoms with Crippen LogP contribution in [0.3, 0.4) is 0 Å². The molecule has 0 bridgehead atoms. The van der Waals surface area contributed by atoms with Gasteiger partial charge in [0.15, 0.2) is 0 Å². The van der Waals surface area contributed by atoms with Crippen LogP contribution >= 0.6 is 0 Å². The zero-order valence-corrected chi connectivity index (χ0v) is 17.2. The molecule has 1 unspecified atom stereocenters. The second-order valence-electron chi connectivity index (χ2n) is 8.94. The maximum atomic E-state index is 12.0. The average molecular weight is 388 g/mol. The molecular weight excluding hydrogens is 354 g/mol. The Bertz CT molecular complexity index is 687. The van der Waals surface area contributed by atoms with Crippen LogP contribution in [0.1, 0.15) is 69.8 Å². The largest absolute Gasteiger partial charge is 0.477 e. The van der Waals surface area contributed by atoms with Crippen LogP contribution in [0.25, 0.3) is 0 Å². The fourth-order valence-corrected chi connectivity index (χ4v) is 5.72. The Morgan fingerprint density at radius 1 is 1.00 bits per heavy atom. The number of ether oxygens (including phenoxy) is 2. The Labute approximate surface area is 168 Å². The quantitative estimate of drug-likeness (QED) is 0.794. The molecule has 0 aromatic heterocycles. The number of fused-ring (bicyclic) bond motifs is 1. The second-order valence-corrected chi connectivity index (χ2v) is 8.94. The predicted octanol–water partition coefficient (Wildman–Crippen LogP) is 4.93. The van der Waals surface area contributed by atoms with E-state index >= 15 is 0 Å². The third kappa shape index (κ3) is 3.38. The van der Waals surface area contributed by atoms with Gasteiger partial charge in [0.25, 0.3) is 6.29 Å². The summed E-state index contributed by atoms with van der Waals surface area (Å²) in [4.78, 5) is 14.0. The van der Waals surface area contributed by atoms with E-state index in [1.807, 2.05) is 25.1 Å². The third-order valence-corrected chi connectivity index (χ3v) is 7.06. The summed E-state index contributed by atoms with van der Waals surface area (Å²) < 4.78 is 12.4. The minimum absolute atomic E-state index is 0.360. The summed E-state index contributed by atoms with van der Waals surface area (Å²) in [5.41, 5.74) is 1.56. The monoisotopic (exact) mass is 387 g/mol. The summed E-state index contributed by atoms with van der Waals surface area (Å²) in [6.07, 6.45) is 10.5. The molecule has 0 amide bonds. The molecular formula is C23H33NO4. The van der Waals surface area contributed by atoms with Crippen molar-refractivity contribution in [3.8, 4) is 5.75 Å². The van der Waals surface area contributed by atoms with Gasteiger partial charge in [0.1, 0.15) is 11.4 Å². The molecule has 1 aliphatic heterocycles. The van der Waals surface area contributed by atoms with Gasteiger partial charge in [-0.2, -0.15) is 0 Å². The lowest BCUT2D eigenvalue weighted by Gasteiger charge is -2.52. The highest BCUT2D eigenvalue weighted by molar-refractivity contribution is 5.72. The molecule has 1 N–H and O–H groups in total. The molecule has 2 fully saturated rings. The number of hydrogen-bond acceptors (Lipinski definition) is 4. The van der Waals surface area contributed by atoms with Gasteiger partial charge in [0.2, 0.25) is 0 Å². The second kappa shape index (κ2) is 7.94. The van der Waals surface area contributed by atoms with Crippen molar-refractivity contribution in [1.29, 1.82) is 0 Å². The van der Waals surface area contributed by atoms with E-state index in [0.29, 0.717) is 17.6 Å². The van der Waals surface area contributed by atoms with Crippen LogP contribution in [-0.4, -0.2) is 31.5 Å². The van der Waals surface area contributed by atoms with E-state index in [1.54, 1.807) is 0 Å². The molecule has 2 saturated carbocycles. The standard InChI is InChI=1S/C23H33NO4/c1-24(2)18-13-14-19-20(15-18)27-22(21(25)26)28-23(19,16-9-5-3-6-10-16)17-11-7-4-8-12-17/h13-17,22H,3-12H2,1-2H3,(H,25,26). The minimum atomic E-state index is -1.23. The molecule has 28 heavy (non-hydrogen) atoms. The van der Waals surface area contributed by atoms with Gasteiger partial charge in [-0.3, -0.25) is 0 Å². The highest BCUT2D eigenvalue weighted by Gasteiger charge is 2.54. The number of benzene rings is 1. The van der Waals surface area contributed by atoms with Gasteiger partial charge in [0.05, 0.1) is 0 Å². The topological polar surface area (TPSA) is 59.0 Å². The number of aliphatic carboxylic acids is 1. The molecule has 3 aliphatic rings. The molecule has 0 spiro atoms. The lowest BCUT2D eigenvalue weighted by molar-refractivity contribution is -0.252. The molecule has 1 heterocycles. The van der Waals surface area contributed by atoms with Crippen LogP contribution in [0.4, 0.5) is 5.69 Å². The van der Waals surface area contributed by atoms with Crippen LogP contribution < -0.4 is 9.64 Å². The number of hydrogen-bond donors (Lipinski definition) is 1. The maximum absolute atomic E-state index is 12.0. The van der Waals surface area contributed by atoms with Gasteiger partial charge in [-0.25, -0.2) is 4.79 Å². The van der Waals surface area contributed by atoms with Crippen molar-refractivity contribution in [2.45, 2.75) is 76.1 Å². The van der Waals surface area contributed by atoms with E-state index in [0.717, 1.165) is 36.9 Å². The zero-order chi connectivity index (χ0) is 19.7. The first-order chi connectivity index (χ1) is 13.5. The van der Waals surface area contributed by atoms with E-state index in [4.69, 9.17) is 9.47 Å². The zero-order valence-electron chi connectivity index (χ0n) is 17.2.